The molecule has 2 unspecified atom stereocenters. The summed E-state index contributed by atoms with van der Waals surface area (Å²) in [4.78, 5) is 2.28. The normalized spacial score (nSPS) is 26.1. The van der Waals surface area contributed by atoms with E-state index in [0.717, 1.165) is 40.2 Å². The number of rotatable bonds is 8. The van der Waals surface area contributed by atoms with Gasteiger partial charge in [0.2, 0.25) is 0 Å². The third kappa shape index (κ3) is 4.57. The van der Waals surface area contributed by atoms with Gasteiger partial charge >= 0.3 is 0 Å². The summed E-state index contributed by atoms with van der Waals surface area (Å²) in [5.74, 6) is 2.47. The van der Waals surface area contributed by atoms with Crippen molar-refractivity contribution in [2.24, 2.45) is 11.8 Å². The van der Waals surface area contributed by atoms with Crippen LogP contribution in [-0.2, 0) is 17.4 Å². The minimum Gasteiger partial charge on any atom is -0.497 e. The SMILES string of the molecule is C=Cc1ccc(C23CC4CC(C2)CC(c2ccc(N(c5ccc(CO)cc5)c5ccc(OC)cc5)cc2)(C4)C3)cc1. The van der Waals surface area contributed by atoms with Crippen LogP contribution in [0, 0.1) is 11.8 Å². The second-order valence-corrected chi connectivity index (χ2v) is 12.8. The molecular weight excluding hydrogens is 502 g/mol. The molecule has 4 saturated carbocycles. The Hall–Kier alpha value is -3.82. The van der Waals surface area contributed by atoms with Crippen molar-refractivity contribution in [1.82, 2.24) is 0 Å². The zero-order valence-corrected chi connectivity index (χ0v) is 23.9. The lowest BCUT2D eigenvalue weighted by atomic mass is 9.42. The van der Waals surface area contributed by atoms with Gasteiger partial charge in [0, 0.05) is 17.1 Å². The molecule has 0 amide bonds. The second-order valence-electron chi connectivity index (χ2n) is 12.8. The highest BCUT2D eigenvalue weighted by atomic mass is 16.5. The van der Waals surface area contributed by atoms with Crippen molar-refractivity contribution in [2.75, 3.05) is 12.0 Å². The van der Waals surface area contributed by atoms with Gasteiger partial charge in [-0.1, -0.05) is 61.2 Å². The van der Waals surface area contributed by atoms with Gasteiger partial charge in [-0.15, -0.1) is 0 Å². The van der Waals surface area contributed by atoms with Gasteiger partial charge in [-0.05, 0) is 132 Å². The number of anilines is 3. The summed E-state index contributed by atoms with van der Waals surface area (Å²) < 4.78 is 5.42. The number of benzene rings is 4. The maximum atomic E-state index is 9.59. The number of hydrogen-bond acceptors (Lipinski definition) is 3. The molecule has 4 aliphatic rings. The molecule has 4 aromatic carbocycles. The van der Waals surface area contributed by atoms with Crippen LogP contribution < -0.4 is 9.64 Å². The minimum absolute atomic E-state index is 0.0431. The van der Waals surface area contributed by atoms with Gasteiger partial charge in [-0.2, -0.15) is 0 Å². The standard InChI is InChI=1S/C38H39NO2/c1-3-27-4-8-31(9-5-27)37-21-29-20-30(22-37)24-38(23-29,26-37)32-10-14-34(15-11-32)39(33-12-6-28(25-40)7-13-33)35-16-18-36(41-2)19-17-35/h3-19,29-30,40H,1,20-26H2,2H3. The molecule has 41 heavy (non-hydrogen) atoms. The molecule has 0 aromatic heterocycles. The second kappa shape index (κ2) is 10.2. The average molecular weight is 542 g/mol. The Labute approximate surface area is 244 Å². The predicted molar refractivity (Wildman–Crippen MR) is 168 cm³/mol. The maximum Gasteiger partial charge on any atom is 0.119 e. The molecule has 0 saturated heterocycles. The van der Waals surface area contributed by atoms with Crippen molar-refractivity contribution in [3.63, 3.8) is 0 Å². The zero-order chi connectivity index (χ0) is 28.0. The molecule has 4 aromatic rings. The van der Waals surface area contributed by atoms with E-state index in [1.807, 2.05) is 30.3 Å². The summed E-state index contributed by atoms with van der Waals surface area (Å²) in [6.07, 6.45) is 9.92. The molecular formula is C38H39NO2. The van der Waals surface area contributed by atoms with Gasteiger partial charge in [0.25, 0.3) is 0 Å². The molecule has 4 bridgehead atoms. The first-order valence-electron chi connectivity index (χ1n) is 15.0. The summed E-state index contributed by atoms with van der Waals surface area (Å²) in [6, 6.07) is 35.1. The van der Waals surface area contributed by atoms with Gasteiger partial charge < -0.3 is 14.7 Å². The number of ether oxygens (including phenoxy) is 1. The number of aliphatic hydroxyl groups is 1. The molecule has 0 spiro atoms. The molecule has 2 atom stereocenters. The van der Waals surface area contributed by atoms with Gasteiger partial charge in [-0.25, -0.2) is 0 Å². The highest BCUT2D eigenvalue weighted by Gasteiger charge is 2.58. The van der Waals surface area contributed by atoms with Crippen LogP contribution in [0.1, 0.15) is 60.8 Å². The Balaban J connectivity index is 1.24. The van der Waals surface area contributed by atoms with E-state index in [4.69, 9.17) is 4.74 Å². The van der Waals surface area contributed by atoms with Gasteiger partial charge in [-0.3, -0.25) is 0 Å². The lowest BCUT2D eigenvalue weighted by Crippen LogP contribution is -2.55. The number of hydrogen-bond donors (Lipinski definition) is 1. The van der Waals surface area contributed by atoms with Gasteiger partial charge in [0.15, 0.2) is 0 Å². The Morgan fingerprint density at radius 1 is 0.732 bits per heavy atom. The van der Waals surface area contributed by atoms with Crippen LogP contribution in [0.3, 0.4) is 0 Å². The van der Waals surface area contributed by atoms with Crippen molar-refractivity contribution >= 4 is 23.1 Å². The lowest BCUT2D eigenvalue weighted by molar-refractivity contribution is -0.0281. The Bertz CT molecular complexity index is 1460. The van der Waals surface area contributed by atoms with Crippen LogP contribution in [-0.4, -0.2) is 12.2 Å². The van der Waals surface area contributed by atoms with Crippen LogP contribution in [0.25, 0.3) is 6.08 Å². The fourth-order valence-electron chi connectivity index (χ4n) is 8.80. The van der Waals surface area contributed by atoms with E-state index < -0.39 is 0 Å². The first-order valence-corrected chi connectivity index (χ1v) is 15.0. The summed E-state index contributed by atoms with van der Waals surface area (Å²) in [5.41, 5.74) is 8.99. The quantitative estimate of drug-likeness (QED) is 0.241. The molecule has 208 valence electrons. The van der Waals surface area contributed by atoms with Crippen LogP contribution in [0.15, 0.2) is 104 Å². The summed E-state index contributed by atoms with van der Waals surface area (Å²) >= 11 is 0. The van der Waals surface area contributed by atoms with E-state index in [0.29, 0.717) is 5.41 Å². The monoisotopic (exact) mass is 541 g/mol. The topological polar surface area (TPSA) is 32.7 Å². The largest absolute Gasteiger partial charge is 0.497 e. The zero-order valence-electron chi connectivity index (χ0n) is 23.9. The van der Waals surface area contributed by atoms with Crippen LogP contribution in [0.4, 0.5) is 17.1 Å². The molecule has 0 heterocycles. The van der Waals surface area contributed by atoms with E-state index in [1.165, 1.54) is 55.2 Å². The van der Waals surface area contributed by atoms with E-state index in [-0.39, 0.29) is 12.0 Å². The first kappa shape index (κ1) is 26.1. The lowest BCUT2D eigenvalue weighted by Gasteiger charge is -2.63. The van der Waals surface area contributed by atoms with E-state index in [9.17, 15) is 5.11 Å². The molecule has 3 heteroatoms. The number of methoxy groups -OCH3 is 1. The molecule has 3 nitrogen and oxygen atoms in total. The predicted octanol–water partition coefficient (Wildman–Crippen LogP) is 9.09. The minimum atomic E-state index is 0.0431. The Kier molecular flexibility index (Phi) is 6.51. The van der Waals surface area contributed by atoms with Gasteiger partial charge in [0.1, 0.15) is 5.75 Å². The van der Waals surface area contributed by atoms with Crippen LogP contribution in [0.5, 0.6) is 5.75 Å². The summed E-state index contributed by atoms with van der Waals surface area (Å²) in [6.45, 7) is 4.00. The number of nitrogens with zero attached hydrogens (tertiary/aromatic N) is 1. The van der Waals surface area contributed by atoms with Crippen molar-refractivity contribution in [3.8, 4) is 5.75 Å². The van der Waals surface area contributed by atoms with Crippen molar-refractivity contribution in [2.45, 2.75) is 56.0 Å². The fourth-order valence-corrected chi connectivity index (χ4v) is 8.80. The molecule has 8 rings (SSSR count). The first-order chi connectivity index (χ1) is 20.0. The van der Waals surface area contributed by atoms with Gasteiger partial charge in [0.05, 0.1) is 13.7 Å². The smallest absolute Gasteiger partial charge is 0.119 e. The average Bonchev–Trinajstić information content (AvgIpc) is 3.01. The highest BCUT2D eigenvalue weighted by Crippen LogP contribution is 2.66. The van der Waals surface area contributed by atoms with Crippen molar-refractivity contribution < 1.29 is 9.84 Å². The summed E-state index contributed by atoms with van der Waals surface area (Å²) in [5, 5.41) is 9.59. The van der Waals surface area contributed by atoms with Crippen molar-refractivity contribution in [1.29, 1.82) is 0 Å². The Morgan fingerprint density at radius 3 is 1.66 bits per heavy atom. The Morgan fingerprint density at radius 2 is 1.20 bits per heavy atom. The van der Waals surface area contributed by atoms with Crippen LogP contribution in [0.2, 0.25) is 0 Å². The fraction of sp³-hybridized carbons (Fsp3) is 0.316. The third-order valence-corrected chi connectivity index (χ3v) is 10.3. The molecule has 4 fully saturated rings. The molecule has 0 aliphatic heterocycles. The third-order valence-electron chi connectivity index (χ3n) is 10.3. The van der Waals surface area contributed by atoms with Crippen molar-refractivity contribution in [3.05, 3.63) is 126 Å². The maximum absolute atomic E-state index is 9.59. The molecule has 0 radical (unpaired) electrons. The molecule has 4 aliphatic carbocycles. The van der Waals surface area contributed by atoms with E-state index in [1.54, 1.807) is 7.11 Å². The number of aliphatic hydroxyl groups excluding tert-OH is 1. The molecule has 1 N–H and O–H groups in total. The highest BCUT2D eigenvalue weighted by molar-refractivity contribution is 5.77. The van der Waals surface area contributed by atoms with Crippen LogP contribution >= 0.6 is 0 Å². The summed E-state index contributed by atoms with van der Waals surface area (Å²) in [7, 11) is 1.70. The van der Waals surface area contributed by atoms with E-state index >= 15 is 0 Å². The van der Waals surface area contributed by atoms with E-state index in [2.05, 4.69) is 84.3 Å².